The van der Waals surface area contributed by atoms with Crippen LogP contribution in [-0.4, -0.2) is 15.8 Å². The highest BCUT2D eigenvalue weighted by atomic mass is 32.1. The van der Waals surface area contributed by atoms with Crippen molar-refractivity contribution in [3.05, 3.63) is 87.2 Å². The SMILES string of the molecule is O=C(/C=C/c1ccc([N+](=O)[O-])s1)Nc1ccc(NCc2ccccc2F)nc1. The molecule has 7 nitrogen and oxygen atoms in total. The average molecular weight is 398 g/mol. The van der Waals surface area contributed by atoms with Gasteiger partial charge in [-0.25, -0.2) is 9.37 Å². The third-order valence-corrected chi connectivity index (χ3v) is 4.64. The smallest absolute Gasteiger partial charge is 0.324 e. The van der Waals surface area contributed by atoms with Crippen molar-refractivity contribution in [2.45, 2.75) is 6.54 Å². The van der Waals surface area contributed by atoms with E-state index in [-0.39, 0.29) is 16.7 Å². The Labute approximate surface area is 163 Å². The molecule has 28 heavy (non-hydrogen) atoms. The summed E-state index contributed by atoms with van der Waals surface area (Å²) >= 11 is 0.983. The first-order valence-corrected chi connectivity index (χ1v) is 8.99. The van der Waals surface area contributed by atoms with Gasteiger partial charge in [0.05, 0.1) is 16.8 Å². The summed E-state index contributed by atoms with van der Waals surface area (Å²) in [5, 5.41) is 16.3. The second-order valence-electron chi connectivity index (χ2n) is 5.63. The molecule has 0 aliphatic rings. The molecule has 0 saturated carbocycles. The fraction of sp³-hybridized carbons (Fsp3) is 0.0526. The molecule has 0 aliphatic carbocycles. The topological polar surface area (TPSA) is 97.2 Å². The second-order valence-corrected chi connectivity index (χ2v) is 6.73. The number of halogens is 1. The molecule has 142 valence electrons. The largest absolute Gasteiger partial charge is 0.366 e. The molecule has 0 fully saturated rings. The number of pyridine rings is 1. The number of thiophene rings is 1. The van der Waals surface area contributed by atoms with E-state index in [2.05, 4.69) is 15.6 Å². The normalized spacial score (nSPS) is 10.8. The monoisotopic (exact) mass is 398 g/mol. The lowest BCUT2D eigenvalue weighted by Gasteiger charge is -2.07. The number of aromatic nitrogens is 1. The number of hydrogen-bond donors (Lipinski definition) is 2. The molecule has 3 rings (SSSR count). The van der Waals surface area contributed by atoms with Crippen LogP contribution in [-0.2, 0) is 11.3 Å². The molecule has 0 atom stereocenters. The van der Waals surface area contributed by atoms with Crippen molar-refractivity contribution in [3.8, 4) is 0 Å². The van der Waals surface area contributed by atoms with Crippen LogP contribution in [0.5, 0.6) is 0 Å². The van der Waals surface area contributed by atoms with Crippen molar-refractivity contribution < 1.29 is 14.1 Å². The van der Waals surface area contributed by atoms with Gasteiger partial charge < -0.3 is 10.6 Å². The predicted molar refractivity (Wildman–Crippen MR) is 107 cm³/mol. The Bertz CT molecular complexity index is 1020. The summed E-state index contributed by atoms with van der Waals surface area (Å²) in [6.45, 7) is 0.293. The van der Waals surface area contributed by atoms with Crippen LogP contribution in [0, 0.1) is 15.9 Å². The van der Waals surface area contributed by atoms with E-state index in [4.69, 9.17) is 0 Å². The molecular formula is C19H15FN4O3S. The number of hydrogen-bond acceptors (Lipinski definition) is 6. The minimum atomic E-state index is -0.477. The van der Waals surface area contributed by atoms with E-state index in [1.807, 2.05) is 0 Å². The molecule has 2 aromatic heterocycles. The fourth-order valence-electron chi connectivity index (χ4n) is 2.27. The van der Waals surface area contributed by atoms with E-state index in [1.54, 1.807) is 36.4 Å². The Morgan fingerprint density at radius 3 is 2.71 bits per heavy atom. The summed E-state index contributed by atoms with van der Waals surface area (Å²) in [6.07, 6.45) is 4.27. The van der Waals surface area contributed by atoms with Crippen LogP contribution < -0.4 is 10.6 Å². The second kappa shape index (κ2) is 8.87. The van der Waals surface area contributed by atoms with E-state index in [9.17, 15) is 19.3 Å². The molecule has 2 N–H and O–H groups in total. The number of amides is 1. The van der Waals surface area contributed by atoms with Gasteiger partial charge in [-0.1, -0.05) is 29.5 Å². The van der Waals surface area contributed by atoms with Gasteiger partial charge in [-0.15, -0.1) is 0 Å². The van der Waals surface area contributed by atoms with Crippen LogP contribution in [0.3, 0.4) is 0 Å². The van der Waals surface area contributed by atoms with Crippen LogP contribution in [0.1, 0.15) is 10.4 Å². The first-order chi connectivity index (χ1) is 13.5. The Kier molecular flexibility index (Phi) is 6.07. The highest BCUT2D eigenvalue weighted by Crippen LogP contribution is 2.24. The van der Waals surface area contributed by atoms with Gasteiger partial charge >= 0.3 is 5.00 Å². The average Bonchev–Trinajstić information content (AvgIpc) is 3.16. The quantitative estimate of drug-likeness (QED) is 0.348. The van der Waals surface area contributed by atoms with Crippen molar-refractivity contribution in [1.29, 1.82) is 0 Å². The number of nitro groups is 1. The van der Waals surface area contributed by atoms with Crippen molar-refractivity contribution in [2.75, 3.05) is 10.6 Å². The minimum Gasteiger partial charge on any atom is -0.366 e. The van der Waals surface area contributed by atoms with Gasteiger partial charge in [0.15, 0.2) is 0 Å². The van der Waals surface area contributed by atoms with Crippen molar-refractivity contribution >= 4 is 39.8 Å². The Hall–Kier alpha value is -3.59. The molecule has 0 saturated heterocycles. The van der Waals surface area contributed by atoms with Gasteiger partial charge in [-0.3, -0.25) is 14.9 Å². The van der Waals surface area contributed by atoms with Crippen molar-refractivity contribution in [3.63, 3.8) is 0 Å². The molecule has 0 radical (unpaired) electrons. The maximum absolute atomic E-state index is 13.6. The summed E-state index contributed by atoms with van der Waals surface area (Å²) in [6, 6.07) is 12.8. The molecule has 0 aliphatic heterocycles. The molecule has 9 heteroatoms. The number of carbonyl (C=O) groups excluding carboxylic acids is 1. The van der Waals surface area contributed by atoms with E-state index in [1.165, 1.54) is 30.5 Å². The first kappa shape index (κ1) is 19.2. The number of benzene rings is 1. The summed E-state index contributed by atoms with van der Waals surface area (Å²) in [7, 11) is 0. The highest BCUT2D eigenvalue weighted by Gasteiger charge is 2.08. The molecule has 1 amide bonds. The predicted octanol–water partition coefficient (Wildman–Crippen LogP) is 4.45. The van der Waals surface area contributed by atoms with Crippen LogP contribution >= 0.6 is 11.3 Å². The maximum atomic E-state index is 13.6. The van der Waals surface area contributed by atoms with Crippen molar-refractivity contribution in [2.24, 2.45) is 0 Å². The Morgan fingerprint density at radius 1 is 1.21 bits per heavy atom. The zero-order valence-electron chi connectivity index (χ0n) is 14.5. The molecular weight excluding hydrogens is 383 g/mol. The Morgan fingerprint density at radius 2 is 2.04 bits per heavy atom. The summed E-state index contributed by atoms with van der Waals surface area (Å²) in [4.78, 5) is 26.9. The third-order valence-electron chi connectivity index (χ3n) is 3.64. The number of nitrogens with zero attached hydrogens (tertiary/aromatic N) is 2. The lowest BCUT2D eigenvalue weighted by atomic mass is 10.2. The van der Waals surface area contributed by atoms with E-state index in [0.29, 0.717) is 28.5 Å². The number of nitrogens with one attached hydrogen (secondary N) is 2. The maximum Gasteiger partial charge on any atom is 0.324 e. The molecule has 0 unspecified atom stereocenters. The minimum absolute atomic E-state index is 0.0164. The van der Waals surface area contributed by atoms with Crippen LogP contribution in [0.2, 0.25) is 0 Å². The lowest BCUT2D eigenvalue weighted by Crippen LogP contribution is -2.08. The van der Waals surface area contributed by atoms with Crippen LogP contribution in [0.15, 0.2) is 60.8 Å². The highest BCUT2D eigenvalue weighted by molar-refractivity contribution is 7.16. The van der Waals surface area contributed by atoms with Gasteiger partial charge in [0.25, 0.3) is 0 Å². The van der Waals surface area contributed by atoms with Gasteiger partial charge in [-0.2, -0.15) is 0 Å². The third kappa shape index (κ3) is 5.21. The van der Waals surface area contributed by atoms with E-state index < -0.39 is 4.92 Å². The summed E-state index contributed by atoms with van der Waals surface area (Å²) in [5.41, 5.74) is 1.02. The zero-order chi connectivity index (χ0) is 19.9. The fourth-order valence-corrected chi connectivity index (χ4v) is 3.00. The molecule has 0 spiro atoms. The van der Waals surface area contributed by atoms with Gasteiger partial charge in [0.1, 0.15) is 11.6 Å². The van der Waals surface area contributed by atoms with Gasteiger partial charge in [0, 0.05) is 29.1 Å². The first-order valence-electron chi connectivity index (χ1n) is 8.18. The zero-order valence-corrected chi connectivity index (χ0v) is 15.3. The molecule has 3 aromatic rings. The van der Waals surface area contributed by atoms with Gasteiger partial charge in [-0.05, 0) is 30.3 Å². The van der Waals surface area contributed by atoms with E-state index in [0.717, 1.165) is 11.3 Å². The number of carbonyl (C=O) groups is 1. The molecule has 0 bridgehead atoms. The molecule has 1 aromatic carbocycles. The van der Waals surface area contributed by atoms with Crippen LogP contribution in [0.4, 0.5) is 20.9 Å². The van der Waals surface area contributed by atoms with E-state index >= 15 is 0 Å². The van der Waals surface area contributed by atoms with Crippen LogP contribution in [0.25, 0.3) is 6.08 Å². The Balaban J connectivity index is 1.53. The number of anilines is 2. The summed E-state index contributed by atoms with van der Waals surface area (Å²) < 4.78 is 13.6. The molecule has 2 heterocycles. The van der Waals surface area contributed by atoms with Crippen molar-refractivity contribution in [1.82, 2.24) is 4.98 Å². The standard InChI is InChI=1S/C19H15FN4O3S/c20-16-4-2-1-3-13(16)11-21-17-8-5-14(12-22-17)23-18(25)9-6-15-7-10-19(28-15)24(26)27/h1-10,12H,11H2,(H,21,22)(H,23,25)/b9-6+. The number of rotatable bonds is 7. The summed E-state index contributed by atoms with van der Waals surface area (Å²) in [5.74, 6) is -0.130. The lowest BCUT2D eigenvalue weighted by molar-refractivity contribution is -0.380. The van der Waals surface area contributed by atoms with Gasteiger partial charge in [0.2, 0.25) is 5.91 Å².